The molecule has 0 saturated carbocycles. The number of guanidine groups is 1. The van der Waals surface area contributed by atoms with Crippen molar-refractivity contribution in [2.24, 2.45) is 12.0 Å². The van der Waals surface area contributed by atoms with Crippen molar-refractivity contribution >= 4 is 41.3 Å². The van der Waals surface area contributed by atoms with E-state index in [1.54, 1.807) is 11.3 Å². The maximum Gasteiger partial charge on any atom is 0.194 e. The lowest BCUT2D eigenvalue weighted by molar-refractivity contribution is 0.486. The van der Waals surface area contributed by atoms with E-state index in [1.165, 1.54) is 10.4 Å². The van der Waals surface area contributed by atoms with E-state index < -0.39 is 0 Å². The summed E-state index contributed by atoms with van der Waals surface area (Å²) in [5.41, 5.74) is 2.44. The Bertz CT molecular complexity index is 703. The molecule has 1 aliphatic rings. The lowest BCUT2D eigenvalue weighted by atomic mass is 10.0. The second-order valence-corrected chi connectivity index (χ2v) is 7.59. The van der Waals surface area contributed by atoms with Crippen molar-refractivity contribution in [2.45, 2.75) is 39.7 Å². The van der Waals surface area contributed by atoms with Gasteiger partial charge in [-0.05, 0) is 32.8 Å². The summed E-state index contributed by atoms with van der Waals surface area (Å²) in [6.07, 6.45) is 5.25. The second-order valence-electron chi connectivity index (χ2n) is 6.30. The number of likely N-dealkylation sites (tertiary alicyclic amines) is 1. The molecule has 2 aromatic rings. The molecule has 25 heavy (non-hydrogen) atoms. The predicted molar refractivity (Wildman–Crippen MR) is 114 cm³/mol. The molecule has 0 radical (unpaired) electrons. The number of aryl methyl sites for hydroxylation is 3. The zero-order valence-corrected chi connectivity index (χ0v) is 18.5. The van der Waals surface area contributed by atoms with Gasteiger partial charge in [-0.25, -0.2) is 9.98 Å². The minimum atomic E-state index is 0. The highest BCUT2D eigenvalue weighted by Gasteiger charge is 2.26. The standard InChI is InChI=1S/C17H26N6S.HI/c1-5-18-17(19-9-16-21-12(2)13(3)24-16)23-7-6-14(11-23)15-8-20-22(4)10-15;/h8,10,14H,5-7,9,11H2,1-4H3,(H,18,19);1H. The monoisotopic (exact) mass is 474 g/mol. The summed E-state index contributed by atoms with van der Waals surface area (Å²) < 4.78 is 1.88. The van der Waals surface area contributed by atoms with Crippen molar-refractivity contribution in [3.8, 4) is 0 Å². The molecule has 2 aromatic heterocycles. The third-order valence-corrected chi connectivity index (χ3v) is 5.51. The van der Waals surface area contributed by atoms with Crippen LogP contribution in [0.2, 0.25) is 0 Å². The van der Waals surface area contributed by atoms with E-state index >= 15 is 0 Å². The summed E-state index contributed by atoms with van der Waals surface area (Å²) in [5.74, 6) is 1.53. The molecule has 0 amide bonds. The molecule has 3 rings (SSSR count). The molecule has 0 aliphatic carbocycles. The Balaban J connectivity index is 0.00000225. The number of hydrogen-bond donors (Lipinski definition) is 1. The van der Waals surface area contributed by atoms with Crippen LogP contribution in [0, 0.1) is 13.8 Å². The quantitative estimate of drug-likeness (QED) is 0.421. The molecule has 1 saturated heterocycles. The van der Waals surface area contributed by atoms with Gasteiger partial charge in [0.25, 0.3) is 0 Å². The number of aliphatic imine (C=N–C) groups is 1. The molecule has 1 atom stereocenters. The highest BCUT2D eigenvalue weighted by Crippen LogP contribution is 2.27. The van der Waals surface area contributed by atoms with Crippen molar-refractivity contribution in [3.63, 3.8) is 0 Å². The Morgan fingerprint density at radius 1 is 1.44 bits per heavy atom. The van der Waals surface area contributed by atoms with Crippen molar-refractivity contribution in [1.29, 1.82) is 0 Å². The smallest absolute Gasteiger partial charge is 0.194 e. The van der Waals surface area contributed by atoms with Gasteiger partial charge < -0.3 is 10.2 Å². The van der Waals surface area contributed by atoms with Gasteiger partial charge in [0.1, 0.15) is 5.01 Å². The second kappa shape index (κ2) is 8.98. The number of hydrogen-bond acceptors (Lipinski definition) is 4. The summed E-state index contributed by atoms with van der Waals surface area (Å²) in [4.78, 5) is 13.0. The van der Waals surface area contributed by atoms with E-state index in [-0.39, 0.29) is 24.0 Å². The van der Waals surface area contributed by atoms with E-state index in [4.69, 9.17) is 4.99 Å². The fourth-order valence-electron chi connectivity index (χ4n) is 3.05. The summed E-state index contributed by atoms with van der Waals surface area (Å²) >= 11 is 1.74. The van der Waals surface area contributed by atoms with Crippen LogP contribution in [0.3, 0.4) is 0 Å². The summed E-state index contributed by atoms with van der Waals surface area (Å²) in [6, 6.07) is 0. The molecule has 1 N–H and O–H groups in total. The Labute approximate surface area is 170 Å². The molecular weight excluding hydrogens is 447 g/mol. The Morgan fingerprint density at radius 2 is 2.24 bits per heavy atom. The SMILES string of the molecule is CCNC(=NCc1nc(C)c(C)s1)N1CCC(c2cnn(C)c2)C1.I. The molecule has 1 fully saturated rings. The third kappa shape index (κ3) is 4.93. The van der Waals surface area contributed by atoms with Gasteiger partial charge in [0.15, 0.2) is 5.96 Å². The van der Waals surface area contributed by atoms with E-state index in [0.717, 1.165) is 42.7 Å². The number of nitrogens with one attached hydrogen (secondary N) is 1. The molecule has 0 bridgehead atoms. The Kier molecular flexibility index (Phi) is 7.24. The van der Waals surface area contributed by atoms with Gasteiger partial charge in [0, 0.05) is 43.7 Å². The Morgan fingerprint density at radius 3 is 2.84 bits per heavy atom. The number of halogens is 1. The number of nitrogens with zero attached hydrogens (tertiary/aromatic N) is 5. The Hall–Kier alpha value is -1.16. The predicted octanol–water partition coefficient (Wildman–Crippen LogP) is 3.07. The van der Waals surface area contributed by atoms with Crippen molar-refractivity contribution in [2.75, 3.05) is 19.6 Å². The van der Waals surface area contributed by atoms with Crippen LogP contribution in [-0.2, 0) is 13.6 Å². The van der Waals surface area contributed by atoms with Crippen molar-refractivity contribution in [3.05, 3.63) is 33.5 Å². The molecule has 1 aliphatic heterocycles. The zero-order chi connectivity index (χ0) is 17.1. The van der Waals surface area contributed by atoms with Gasteiger partial charge in [0.05, 0.1) is 18.4 Å². The molecular formula is C17H27IN6S. The fraction of sp³-hybridized carbons (Fsp3) is 0.588. The average Bonchev–Trinajstić information content (AvgIpc) is 3.25. The van der Waals surface area contributed by atoms with Crippen molar-refractivity contribution < 1.29 is 0 Å². The van der Waals surface area contributed by atoms with E-state index in [2.05, 4.69) is 47.3 Å². The van der Waals surface area contributed by atoms with Gasteiger partial charge in [-0.1, -0.05) is 0 Å². The molecule has 0 spiro atoms. The van der Waals surface area contributed by atoms with E-state index in [0.29, 0.717) is 12.5 Å². The van der Waals surface area contributed by atoms with Gasteiger partial charge in [-0.3, -0.25) is 4.68 Å². The van der Waals surface area contributed by atoms with Gasteiger partial charge in [-0.15, -0.1) is 35.3 Å². The minimum absolute atomic E-state index is 0. The van der Waals surface area contributed by atoms with Gasteiger partial charge in [-0.2, -0.15) is 5.10 Å². The highest BCUT2D eigenvalue weighted by molar-refractivity contribution is 14.0. The van der Waals surface area contributed by atoms with Crippen LogP contribution in [0.5, 0.6) is 0 Å². The number of aromatic nitrogens is 3. The van der Waals surface area contributed by atoms with Gasteiger partial charge >= 0.3 is 0 Å². The van der Waals surface area contributed by atoms with Crippen LogP contribution >= 0.6 is 35.3 Å². The van der Waals surface area contributed by atoms with Crippen LogP contribution in [0.25, 0.3) is 0 Å². The normalized spacial score (nSPS) is 17.7. The molecule has 1 unspecified atom stereocenters. The average molecular weight is 474 g/mol. The summed E-state index contributed by atoms with van der Waals surface area (Å²) in [7, 11) is 1.97. The first-order valence-corrected chi connectivity index (χ1v) is 9.33. The maximum absolute atomic E-state index is 4.81. The van der Waals surface area contributed by atoms with Crippen LogP contribution < -0.4 is 5.32 Å². The third-order valence-electron chi connectivity index (χ3n) is 4.46. The van der Waals surface area contributed by atoms with Crippen LogP contribution in [-0.4, -0.2) is 45.3 Å². The van der Waals surface area contributed by atoms with Gasteiger partial charge in [0.2, 0.25) is 0 Å². The molecule has 3 heterocycles. The van der Waals surface area contributed by atoms with Crippen LogP contribution in [0.1, 0.15) is 40.4 Å². The van der Waals surface area contributed by atoms with E-state index in [1.807, 2.05) is 17.9 Å². The summed E-state index contributed by atoms with van der Waals surface area (Å²) in [6.45, 7) is 9.84. The van der Waals surface area contributed by atoms with Crippen molar-refractivity contribution in [1.82, 2.24) is 25.0 Å². The molecule has 8 heteroatoms. The molecule has 138 valence electrons. The number of thiazole rings is 1. The van der Waals surface area contributed by atoms with Crippen LogP contribution in [0.4, 0.5) is 0 Å². The first kappa shape index (κ1) is 20.2. The highest BCUT2D eigenvalue weighted by atomic mass is 127. The van der Waals surface area contributed by atoms with E-state index in [9.17, 15) is 0 Å². The topological polar surface area (TPSA) is 58.3 Å². The molecule has 0 aromatic carbocycles. The lowest BCUT2D eigenvalue weighted by Crippen LogP contribution is -2.40. The maximum atomic E-state index is 4.81. The minimum Gasteiger partial charge on any atom is -0.357 e. The fourth-order valence-corrected chi connectivity index (χ4v) is 3.91. The largest absolute Gasteiger partial charge is 0.357 e. The zero-order valence-electron chi connectivity index (χ0n) is 15.3. The first-order chi connectivity index (χ1) is 11.6. The summed E-state index contributed by atoms with van der Waals surface area (Å²) in [5, 5.41) is 8.81. The number of rotatable bonds is 4. The molecule has 6 nitrogen and oxygen atoms in total. The van der Waals surface area contributed by atoms with Crippen LogP contribution in [0.15, 0.2) is 17.4 Å². The first-order valence-electron chi connectivity index (χ1n) is 8.51. The lowest BCUT2D eigenvalue weighted by Gasteiger charge is -2.21.